The molecule has 4 aliphatic rings. The number of hydrogen-bond acceptors (Lipinski definition) is 5. The highest BCUT2D eigenvalue weighted by atomic mass is 35.5. The van der Waals surface area contributed by atoms with Gasteiger partial charge in [-0.2, -0.15) is 0 Å². The van der Waals surface area contributed by atoms with Crippen molar-refractivity contribution in [2.45, 2.75) is 59.2 Å². The van der Waals surface area contributed by atoms with Crippen LogP contribution in [-0.2, 0) is 13.7 Å². The molecule has 42 heavy (non-hydrogen) atoms. The lowest BCUT2D eigenvalue weighted by Crippen LogP contribution is -2.57. The Balaban J connectivity index is 1.29. The van der Waals surface area contributed by atoms with Gasteiger partial charge in [0.05, 0.1) is 22.0 Å². The van der Waals surface area contributed by atoms with Gasteiger partial charge in [0.1, 0.15) is 18.2 Å². The van der Waals surface area contributed by atoms with Crippen LogP contribution in [0.4, 0.5) is 5.69 Å². The molecule has 0 amide bonds. The molecule has 2 aromatic carbocycles. The van der Waals surface area contributed by atoms with Crippen LogP contribution in [0, 0.1) is 23.2 Å². The SMILES string of the molecule is C[C@@H]1C(N=C(Nc2ccc3c(=O)n(C)c(COc4ccc(Cl)cc4Cl)nc3c2)N2CCN[C@@H](C)C2)CC2C[C@@H]1C2(C)C. The summed E-state index contributed by atoms with van der Waals surface area (Å²) in [6.07, 6.45) is 2.46. The molecule has 1 saturated heterocycles. The molecule has 10 heteroatoms. The van der Waals surface area contributed by atoms with Crippen LogP contribution < -0.4 is 20.9 Å². The minimum absolute atomic E-state index is 0.0876. The summed E-state index contributed by atoms with van der Waals surface area (Å²) in [7, 11) is 1.70. The smallest absolute Gasteiger partial charge is 0.261 e. The number of benzene rings is 2. The van der Waals surface area contributed by atoms with Gasteiger partial charge in [0.2, 0.25) is 0 Å². The Hall–Kier alpha value is -2.81. The van der Waals surface area contributed by atoms with Crippen LogP contribution in [0.5, 0.6) is 5.75 Å². The van der Waals surface area contributed by atoms with E-state index in [1.807, 2.05) is 18.2 Å². The van der Waals surface area contributed by atoms with E-state index in [2.05, 4.69) is 43.2 Å². The molecule has 2 N–H and O–H groups in total. The average molecular weight is 612 g/mol. The van der Waals surface area contributed by atoms with Crippen molar-refractivity contribution >= 4 is 45.8 Å². The van der Waals surface area contributed by atoms with Crippen molar-refractivity contribution in [3.63, 3.8) is 0 Å². The molecule has 7 rings (SSSR count). The first-order valence-corrected chi connectivity index (χ1v) is 15.7. The summed E-state index contributed by atoms with van der Waals surface area (Å²) >= 11 is 12.3. The zero-order valence-corrected chi connectivity index (χ0v) is 26.5. The second kappa shape index (κ2) is 11.4. The second-order valence-electron chi connectivity index (χ2n) is 12.9. The molecule has 2 heterocycles. The molecule has 3 aromatic rings. The van der Waals surface area contributed by atoms with E-state index in [1.165, 1.54) is 11.0 Å². The number of hydrogen-bond donors (Lipinski definition) is 2. The Morgan fingerprint density at radius 1 is 1.19 bits per heavy atom. The van der Waals surface area contributed by atoms with Crippen molar-refractivity contribution in [1.29, 1.82) is 0 Å². The van der Waals surface area contributed by atoms with Gasteiger partial charge < -0.3 is 20.3 Å². The molecule has 5 atom stereocenters. The Morgan fingerprint density at radius 2 is 2.00 bits per heavy atom. The van der Waals surface area contributed by atoms with Crippen molar-refractivity contribution in [3.05, 3.63) is 62.6 Å². The lowest BCUT2D eigenvalue weighted by Gasteiger charge is -2.61. The highest BCUT2D eigenvalue weighted by Gasteiger charge is 2.56. The lowest BCUT2D eigenvalue weighted by atomic mass is 9.45. The van der Waals surface area contributed by atoms with Gasteiger partial charge in [-0.25, -0.2) is 9.98 Å². The highest BCUT2D eigenvalue weighted by Crippen LogP contribution is 2.61. The number of nitrogens with zero attached hydrogens (tertiary/aromatic N) is 4. The van der Waals surface area contributed by atoms with Crippen molar-refractivity contribution in [3.8, 4) is 5.75 Å². The Labute approximate surface area is 257 Å². The van der Waals surface area contributed by atoms with Gasteiger partial charge in [0.15, 0.2) is 5.96 Å². The molecular weight excluding hydrogens is 571 g/mol. The average Bonchev–Trinajstić information content (AvgIpc) is 2.95. The largest absolute Gasteiger partial charge is 0.484 e. The molecule has 2 unspecified atom stereocenters. The van der Waals surface area contributed by atoms with Gasteiger partial charge in [-0.05, 0) is 79.3 Å². The Morgan fingerprint density at radius 3 is 2.71 bits per heavy atom. The first-order chi connectivity index (χ1) is 20.0. The normalized spacial score (nSPS) is 27.1. The third-order valence-electron chi connectivity index (χ3n) is 9.95. The quantitative estimate of drug-likeness (QED) is 0.274. The molecule has 8 nitrogen and oxygen atoms in total. The number of aromatic nitrogens is 2. The molecule has 1 aromatic heterocycles. The number of rotatable bonds is 5. The third-order valence-corrected chi connectivity index (χ3v) is 10.5. The van der Waals surface area contributed by atoms with E-state index < -0.39 is 0 Å². The topological polar surface area (TPSA) is 83.8 Å². The fourth-order valence-corrected chi connectivity index (χ4v) is 7.62. The van der Waals surface area contributed by atoms with E-state index in [-0.39, 0.29) is 12.2 Å². The number of halogens is 2. The molecule has 2 bridgehead atoms. The Kier molecular flexibility index (Phi) is 7.92. The van der Waals surface area contributed by atoms with Crippen LogP contribution in [0.2, 0.25) is 10.0 Å². The summed E-state index contributed by atoms with van der Waals surface area (Å²) in [6.45, 7) is 12.2. The second-order valence-corrected chi connectivity index (χ2v) is 13.7. The minimum atomic E-state index is -0.130. The Bertz CT molecular complexity index is 1590. The predicted molar refractivity (Wildman–Crippen MR) is 171 cm³/mol. The lowest BCUT2D eigenvalue weighted by molar-refractivity contribution is -0.108. The summed E-state index contributed by atoms with van der Waals surface area (Å²) in [5, 5.41) is 8.67. The van der Waals surface area contributed by atoms with E-state index in [9.17, 15) is 4.79 Å². The maximum atomic E-state index is 13.2. The van der Waals surface area contributed by atoms with E-state index in [0.717, 1.165) is 49.5 Å². The maximum Gasteiger partial charge on any atom is 0.261 e. The fraction of sp³-hybridized carbons (Fsp3) is 0.531. The predicted octanol–water partition coefficient (Wildman–Crippen LogP) is 5.95. The number of nitrogens with one attached hydrogen (secondary N) is 2. The number of anilines is 1. The van der Waals surface area contributed by atoms with Gasteiger partial charge in [-0.3, -0.25) is 9.36 Å². The van der Waals surface area contributed by atoms with Gasteiger partial charge in [-0.1, -0.05) is 44.0 Å². The summed E-state index contributed by atoms with van der Waals surface area (Å²) in [6, 6.07) is 11.4. The van der Waals surface area contributed by atoms with E-state index in [0.29, 0.717) is 55.9 Å². The molecular formula is C32H40Cl2N6O2. The first kappa shape index (κ1) is 29.3. The number of piperazine rings is 1. The van der Waals surface area contributed by atoms with Gasteiger partial charge in [0, 0.05) is 43.4 Å². The molecule has 3 aliphatic carbocycles. The number of ether oxygens (including phenoxy) is 1. The van der Waals surface area contributed by atoms with Crippen molar-refractivity contribution in [1.82, 2.24) is 19.8 Å². The van der Waals surface area contributed by atoms with Crippen LogP contribution >= 0.6 is 23.2 Å². The summed E-state index contributed by atoms with van der Waals surface area (Å²) < 4.78 is 7.43. The number of fused-ring (bicyclic) bond motifs is 3. The van der Waals surface area contributed by atoms with Gasteiger partial charge in [0.25, 0.3) is 5.56 Å². The molecule has 1 aliphatic heterocycles. The zero-order chi connectivity index (χ0) is 29.8. The molecule has 0 radical (unpaired) electrons. The van der Waals surface area contributed by atoms with Crippen LogP contribution in [0.25, 0.3) is 10.9 Å². The maximum absolute atomic E-state index is 13.2. The van der Waals surface area contributed by atoms with Crippen molar-refractivity contribution in [2.24, 2.45) is 35.2 Å². The number of guanidine groups is 1. The van der Waals surface area contributed by atoms with Crippen LogP contribution in [0.1, 0.15) is 46.4 Å². The fourth-order valence-electron chi connectivity index (χ4n) is 7.16. The van der Waals surface area contributed by atoms with Crippen molar-refractivity contribution < 1.29 is 4.74 Å². The number of aliphatic imine (C=N–C) groups is 1. The van der Waals surface area contributed by atoms with Crippen LogP contribution in [0.3, 0.4) is 0 Å². The summed E-state index contributed by atoms with van der Waals surface area (Å²) in [5.74, 6) is 3.88. The third kappa shape index (κ3) is 5.49. The summed E-state index contributed by atoms with van der Waals surface area (Å²) in [4.78, 5) is 25.8. The van der Waals surface area contributed by atoms with E-state index in [4.69, 9.17) is 37.9 Å². The molecule has 4 fully saturated rings. The molecule has 0 spiro atoms. The van der Waals surface area contributed by atoms with Gasteiger partial charge >= 0.3 is 0 Å². The summed E-state index contributed by atoms with van der Waals surface area (Å²) in [5.41, 5.74) is 1.75. The molecule has 3 saturated carbocycles. The highest BCUT2D eigenvalue weighted by molar-refractivity contribution is 6.35. The minimum Gasteiger partial charge on any atom is -0.484 e. The monoisotopic (exact) mass is 610 g/mol. The van der Waals surface area contributed by atoms with Crippen LogP contribution in [-0.4, -0.2) is 52.1 Å². The standard InChI is InChI=1S/C32H40Cl2N6O2/c1-18-16-40(11-10-35-18)31(38-26-13-20-12-24(19(26)2)32(20,3)4)36-22-7-8-23-27(15-22)37-29(39(5)30(23)41)17-42-28-9-6-21(33)14-25(28)34/h6-9,14-15,18-20,24,26,35H,10-13,16-17H2,1-5H3,(H,36,38)/t18-,19-,20?,24-,26?/m0/s1. The first-order valence-electron chi connectivity index (χ1n) is 14.9. The van der Waals surface area contributed by atoms with Crippen LogP contribution in [0.15, 0.2) is 46.2 Å². The zero-order valence-electron chi connectivity index (χ0n) is 25.0. The molecule has 224 valence electrons. The van der Waals surface area contributed by atoms with E-state index >= 15 is 0 Å². The van der Waals surface area contributed by atoms with Crippen molar-refractivity contribution in [2.75, 3.05) is 25.0 Å². The van der Waals surface area contributed by atoms with Gasteiger partial charge in [-0.15, -0.1) is 0 Å². The van der Waals surface area contributed by atoms with E-state index in [1.54, 1.807) is 25.2 Å².